The molecule has 0 aliphatic heterocycles. The summed E-state index contributed by atoms with van der Waals surface area (Å²) in [5.41, 5.74) is 1.49. The summed E-state index contributed by atoms with van der Waals surface area (Å²) < 4.78 is 19.2. The highest BCUT2D eigenvalue weighted by Gasteiger charge is 2.10. The quantitative estimate of drug-likeness (QED) is 0.370. The Morgan fingerprint density at radius 2 is 1.72 bits per heavy atom. The van der Waals surface area contributed by atoms with Gasteiger partial charge in [0.25, 0.3) is 0 Å². The number of halogens is 1. The van der Waals surface area contributed by atoms with Crippen LogP contribution in [0.5, 0.6) is 5.75 Å². The lowest BCUT2D eigenvalue weighted by Crippen LogP contribution is -2.02. The third kappa shape index (κ3) is 6.69. The zero-order chi connectivity index (χ0) is 17.9. The van der Waals surface area contributed by atoms with Crippen molar-refractivity contribution < 1.29 is 13.9 Å². The summed E-state index contributed by atoms with van der Waals surface area (Å²) in [6.45, 7) is 2.92. The number of Topliss-reactive ketones (excluding diaryl/α,β-unsaturated/α-hetero) is 1. The first kappa shape index (κ1) is 19.2. The van der Waals surface area contributed by atoms with Gasteiger partial charge < -0.3 is 4.74 Å². The second-order valence-electron chi connectivity index (χ2n) is 6.31. The number of unbranched alkanes of at least 4 members (excludes halogenated alkanes) is 3. The van der Waals surface area contributed by atoms with Crippen molar-refractivity contribution >= 4 is 5.78 Å². The first-order valence-corrected chi connectivity index (χ1v) is 9.20. The molecule has 0 aliphatic carbocycles. The Morgan fingerprint density at radius 3 is 2.44 bits per heavy atom. The molecular weight excluding hydrogens is 315 g/mol. The standard InChI is InChI=1S/C22H27FO2/c1-2-3-17-25-19-15-13-18(14-16-19)9-5-4-6-12-22(24)20-10-7-8-11-21(20)23/h7-8,10-11,13-16H,2-6,9,12,17H2,1H3. The Morgan fingerprint density at radius 1 is 0.960 bits per heavy atom. The van der Waals surface area contributed by atoms with Crippen molar-refractivity contribution in [3.05, 3.63) is 65.5 Å². The van der Waals surface area contributed by atoms with Gasteiger partial charge in [0.1, 0.15) is 11.6 Å². The molecule has 2 aromatic rings. The van der Waals surface area contributed by atoms with Gasteiger partial charge in [0.05, 0.1) is 12.2 Å². The molecule has 2 nitrogen and oxygen atoms in total. The molecule has 0 aliphatic rings. The predicted octanol–water partition coefficient (Wildman–Crippen LogP) is 5.99. The first-order chi connectivity index (χ1) is 12.2. The fraction of sp³-hybridized carbons (Fsp3) is 0.409. The van der Waals surface area contributed by atoms with Crippen LogP contribution in [0.1, 0.15) is 61.4 Å². The molecule has 3 heteroatoms. The summed E-state index contributed by atoms with van der Waals surface area (Å²) >= 11 is 0. The Bertz CT molecular complexity index is 649. The van der Waals surface area contributed by atoms with Gasteiger partial charge >= 0.3 is 0 Å². The smallest absolute Gasteiger partial charge is 0.165 e. The molecule has 0 saturated carbocycles. The molecule has 2 aromatic carbocycles. The molecular formula is C22H27FO2. The minimum absolute atomic E-state index is 0.105. The number of carbonyl (C=O) groups is 1. The van der Waals surface area contributed by atoms with Crippen LogP contribution in [0.3, 0.4) is 0 Å². The molecule has 0 saturated heterocycles. The maximum atomic E-state index is 13.5. The van der Waals surface area contributed by atoms with E-state index < -0.39 is 5.82 Å². The largest absolute Gasteiger partial charge is 0.494 e. The van der Waals surface area contributed by atoms with Crippen molar-refractivity contribution in [2.24, 2.45) is 0 Å². The Hall–Kier alpha value is -2.16. The van der Waals surface area contributed by atoms with Gasteiger partial charge in [0, 0.05) is 6.42 Å². The van der Waals surface area contributed by atoms with Crippen LogP contribution in [-0.4, -0.2) is 12.4 Å². The van der Waals surface area contributed by atoms with E-state index in [0.717, 1.165) is 50.9 Å². The molecule has 134 valence electrons. The van der Waals surface area contributed by atoms with Crippen molar-refractivity contribution in [3.8, 4) is 5.75 Å². The molecule has 0 amide bonds. The second kappa shape index (κ2) is 10.7. The number of carbonyl (C=O) groups excluding carboxylic acids is 1. The lowest BCUT2D eigenvalue weighted by Gasteiger charge is -2.07. The van der Waals surface area contributed by atoms with Crippen LogP contribution < -0.4 is 4.74 Å². The summed E-state index contributed by atoms with van der Waals surface area (Å²) in [4.78, 5) is 12.0. The normalized spacial score (nSPS) is 10.6. The Labute approximate surface area is 150 Å². The molecule has 0 atom stereocenters. The average Bonchev–Trinajstić information content (AvgIpc) is 2.63. The van der Waals surface area contributed by atoms with E-state index in [-0.39, 0.29) is 11.3 Å². The molecule has 0 aromatic heterocycles. The summed E-state index contributed by atoms with van der Waals surface area (Å²) in [6.07, 6.45) is 6.40. The minimum Gasteiger partial charge on any atom is -0.494 e. The molecule has 2 rings (SSSR count). The molecule has 25 heavy (non-hydrogen) atoms. The maximum absolute atomic E-state index is 13.5. The van der Waals surface area contributed by atoms with E-state index in [4.69, 9.17) is 4.74 Å². The van der Waals surface area contributed by atoms with E-state index in [9.17, 15) is 9.18 Å². The maximum Gasteiger partial charge on any atom is 0.165 e. The van der Waals surface area contributed by atoms with Gasteiger partial charge in [-0.05, 0) is 55.5 Å². The van der Waals surface area contributed by atoms with Gasteiger partial charge in [0.15, 0.2) is 5.78 Å². The lowest BCUT2D eigenvalue weighted by atomic mass is 10.0. The van der Waals surface area contributed by atoms with Crippen LogP contribution in [0.25, 0.3) is 0 Å². The number of ketones is 1. The summed E-state index contributed by atoms with van der Waals surface area (Å²) in [5, 5.41) is 0. The fourth-order valence-corrected chi connectivity index (χ4v) is 2.70. The van der Waals surface area contributed by atoms with Crippen molar-refractivity contribution in [2.45, 2.75) is 51.9 Å². The summed E-state index contributed by atoms with van der Waals surface area (Å²) in [7, 11) is 0. The van der Waals surface area contributed by atoms with Crippen LogP contribution in [-0.2, 0) is 6.42 Å². The SMILES string of the molecule is CCCCOc1ccc(CCCCCC(=O)c2ccccc2F)cc1. The number of ether oxygens (including phenoxy) is 1. The lowest BCUT2D eigenvalue weighted by molar-refractivity contribution is 0.0975. The third-order valence-corrected chi connectivity index (χ3v) is 4.23. The highest BCUT2D eigenvalue weighted by atomic mass is 19.1. The van der Waals surface area contributed by atoms with E-state index in [0.29, 0.717) is 6.42 Å². The topological polar surface area (TPSA) is 26.3 Å². The van der Waals surface area contributed by atoms with Gasteiger partial charge in [-0.15, -0.1) is 0 Å². The zero-order valence-electron chi connectivity index (χ0n) is 15.0. The number of rotatable bonds is 11. The van der Waals surface area contributed by atoms with E-state index >= 15 is 0 Å². The molecule has 0 fully saturated rings. The van der Waals surface area contributed by atoms with E-state index in [1.807, 2.05) is 12.1 Å². The van der Waals surface area contributed by atoms with Crippen LogP contribution in [0.2, 0.25) is 0 Å². The van der Waals surface area contributed by atoms with Crippen LogP contribution in [0, 0.1) is 5.82 Å². The highest BCUT2D eigenvalue weighted by molar-refractivity contribution is 5.96. The van der Waals surface area contributed by atoms with Crippen molar-refractivity contribution in [2.75, 3.05) is 6.61 Å². The van der Waals surface area contributed by atoms with Gasteiger partial charge in [-0.2, -0.15) is 0 Å². The van der Waals surface area contributed by atoms with Crippen LogP contribution in [0.4, 0.5) is 4.39 Å². The first-order valence-electron chi connectivity index (χ1n) is 9.20. The van der Waals surface area contributed by atoms with Crippen molar-refractivity contribution in [1.29, 1.82) is 0 Å². The number of benzene rings is 2. The predicted molar refractivity (Wildman–Crippen MR) is 99.7 cm³/mol. The molecule has 0 heterocycles. The van der Waals surface area contributed by atoms with Gasteiger partial charge in [-0.25, -0.2) is 4.39 Å². The zero-order valence-corrected chi connectivity index (χ0v) is 15.0. The van der Waals surface area contributed by atoms with Gasteiger partial charge in [-0.3, -0.25) is 4.79 Å². The highest BCUT2D eigenvalue weighted by Crippen LogP contribution is 2.16. The average molecular weight is 342 g/mol. The fourth-order valence-electron chi connectivity index (χ4n) is 2.70. The van der Waals surface area contributed by atoms with E-state index in [1.54, 1.807) is 18.2 Å². The molecule has 0 bridgehead atoms. The molecule has 0 radical (unpaired) electrons. The van der Waals surface area contributed by atoms with Crippen LogP contribution in [0.15, 0.2) is 48.5 Å². The van der Waals surface area contributed by atoms with Gasteiger partial charge in [0.2, 0.25) is 0 Å². The second-order valence-corrected chi connectivity index (χ2v) is 6.31. The number of hydrogen-bond donors (Lipinski definition) is 0. The molecule has 0 spiro atoms. The summed E-state index contributed by atoms with van der Waals surface area (Å²) in [6, 6.07) is 14.4. The van der Waals surface area contributed by atoms with Crippen molar-refractivity contribution in [1.82, 2.24) is 0 Å². The Balaban J connectivity index is 1.64. The van der Waals surface area contributed by atoms with E-state index in [2.05, 4.69) is 19.1 Å². The number of aryl methyl sites for hydroxylation is 1. The summed E-state index contributed by atoms with van der Waals surface area (Å²) in [5.74, 6) is 0.396. The molecule has 0 N–H and O–H groups in total. The minimum atomic E-state index is -0.422. The number of hydrogen-bond acceptors (Lipinski definition) is 2. The van der Waals surface area contributed by atoms with Crippen molar-refractivity contribution in [3.63, 3.8) is 0 Å². The third-order valence-electron chi connectivity index (χ3n) is 4.23. The van der Waals surface area contributed by atoms with Gasteiger partial charge in [-0.1, -0.05) is 44.0 Å². The molecule has 0 unspecified atom stereocenters. The van der Waals surface area contributed by atoms with E-state index in [1.165, 1.54) is 11.6 Å². The Kier molecular flexibility index (Phi) is 8.17. The van der Waals surface area contributed by atoms with Crippen LogP contribution >= 0.6 is 0 Å². The monoisotopic (exact) mass is 342 g/mol.